The quantitative estimate of drug-likeness (QED) is 0.848. The fourth-order valence-electron chi connectivity index (χ4n) is 2.55. The Labute approximate surface area is 129 Å². The lowest BCUT2D eigenvalue weighted by atomic mass is 9.97. The molecule has 1 fully saturated rings. The maximum atomic E-state index is 12.5. The van der Waals surface area contributed by atoms with Crippen molar-refractivity contribution in [1.29, 1.82) is 0 Å². The molecule has 1 atom stereocenters. The van der Waals surface area contributed by atoms with Crippen LogP contribution in [0.5, 0.6) is 0 Å². The van der Waals surface area contributed by atoms with E-state index in [0.717, 1.165) is 0 Å². The van der Waals surface area contributed by atoms with Gasteiger partial charge >= 0.3 is 12.1 Å². The van der Waals surface area contributed by atoms with Crippen LogP contribution in [0, 0.1) is 0 Å². The van der Waals surface area contributed by atoms with E-state index in [4.69, 9.17) is 4.42 Å². The molecule has 122 valence electrons. The largest absolute Gasteiger partial charge is 0.470 e. The summed E-state index contributed by atoms with van der Waals surface area (Å²) < 4.78 is 42.3. The van der Waals surface area contributed by atoms with E-state index in [2.05, 4.69) is 15.2 Å². The van der Waals surface area contributed by atoms with Gasteiger partial charge in [-0.1, -0.05) is 0 Å². The molecule has 3 rings (SSSR count). The topological polar surface area (TPSA) is 72.1 Å². The fourth-order valence-corrected chi connectivity index (χ4v) is 2.55. The number of hydrogen-bond donors (Lipinski definition) is 0. The predicted octanol–water partition coefficient (Wildman–Crippen LogP) is 2.50. The molecule has 3 heterocycles. The molecular weight excluding hydrogens is 313 g/mol. The molecule has 0 bridgehead atoms. The molecular formula is C14H13F3N4O2. The van der Waals surface area contributed by atoms with E-state index < -0.39 is 18.0 Å². The highest BCUT2D eigenvalue weighted by Crippen LogP contribution is 2.32. The van der Waals surface area contributed by atoms with Crippen LogP contribution in [-0.4, -0.2) is 39.1 Å². The number of rotatable bonds is 2. The molecule has 2 aromatic rings. The molecule has 1 aliphatic heterocycles. The van der Waals surface area contributed by atoms with Gasteiger partial charge in [0.05, 0.1) is 5.92 Å². The molecule has 0 spiro atoms. The minimum atomic E-state index is -4.66. The Hall–Kier alpha value is -2.45. The third-order valence-electron chi connectivity index (χ3n) is 3.67. The number of amides is 1. The molecule has 2 aromatic heterocycles. The average molecular weight is 326 g/mol. The van der Waals surface area contributed by atoms with Crippen molar-refractivity contribution < 1.29 is 22.4 Å². The van der Waals surface area contributed by atoms with Crippen molar-refractivity contribution in [2.24, 2.45) is 0 Å². The van der Waals surface area contributed by atoms with Gasteiger partial charge in [0.2, 0.25) is 5.89 Å². The summed E-state index contributed by atoms with van der Waals surface area (Å²) in [5.41, 5.74) is 0.488. The van der Waals surface area contributed by atoms with E-state index in [9.17, 15) is 18.0 Å². The zero-order valence-corrected chi connectivity index (χ0v) is 12.0. The molecule has 1 aliphatic rings. The zero-order valence-electron chi connectivity index (χ0n) is 12.0. The van der Waals surface area contributed by atoms with Gasteiger partial charge in [0.1, 0.15) is 0 Å². The van der Waals surface area contributed by atoms with Crippen LogP contribution in [0.3, 0.4) is 0 Å². The Morgan fingerprint density at radius 3 is 2.65 bits per heavy atom. The van der Waals surface area contributed by atoms with Crippen LogP contribution in [0.1, 0.15) is 40.9 Å². The Morgan fingerprint density at radius 1 is 1.26 bits per heavy atom. The van der Waals surface area contributed by atoms with Crippen LogP contribution in [0.2, 0.25) is 0 Å². The normalized spacial score (nSPS) is 18.9. The third kappa shape index (κ3) is 3.33. The highest BCUT2D eigenvalue weighted by molar-refractivity contribution is 5.94. The minimum absolute atomic E-state index is 0.0791. The molecule has 0 aliphatic carbocycles. The lowest BCUT2D eigenvalue weighted by Crippen LogP contribution is -2.39. The molecule has 0 aromatic carbocycles. The van der Waals surface area contributed by atoms with E-state index in [1.165, 1.54) is 12.4 Å². The zero-order chi connectivity index (χ0) is 16.4. The van der Waals surface area contributed by atoms with Gasteiger partial charge in [0, 0.05) is 31.0 Å². The van der Waals surface area contributed by atoms with Gasteiger partial charge < -0.3 is 9.32 Å². The average Bonchev–Trinajstić information content (AvgIpc) is 3.05. The Balaban J connectivity index is 1.73. The SMILES string of the molecule is O=C(c1ccncc1)N1CCCC(c2nnc(C(F)(F)F)o2)C1. The first-order valence-electron chi connectivity index (χ1n) is 7.05. The summed E-state index contributed by atoms with van der Waals surface area (Å²) in [5, 5.41) is 6.53. The van der Waals surface area contributed by atoms with Crippen molar-refractivity contribution >= 4 is 5.91 Å². The second kappa shape index (κ2) is 5.98. The van der Waals surface area contributed by atoms with Crippen LogP contribution in [0.15, 0.2) is 28.9 Å². The van der Waals surface area contributed by atoms with E-state index in [0.29, 0.717) is 24.9 Å². The third-order valence-corrected chi connectivity index (χ3v) is 3.67. The first-order chi connectivity index (χ1) is 10.9. The van der Waals surface area contributed by atoms with Crippen molar-refractivity contribution in [2.75, 3.05) is 13.1 Å². The second-order valence-corrected chi connectivity index (χ2v) is 5.27. The molecule has 1 amide bonds. The summed E-state index contributed by atoms with van der Waals surface area (Å²) in [4.78, 5) is 17.8. The van der Waals surface area contributed by atoms with Gasteiger partial charge in [-0.05, 0) is 25.0 Å². The van der Waals surface area contributed by atoms with Crippen LogP contribution < -0.4 is 0 Å². The fraction of sp³-hybridized carbons (Fsp3) is 0.429. The summed E-state index contributed by atoms with van der Waals surface area (Å²) in [5.74, 6) is -2.01. The highest BCUT2D eigenvalue weighted by atomic mass is 19.4. The number of likely N-dealkylation sites (tertiary alicyclic amines) is 1. The number of carbonyl (C=O) groups is 1. The Bertz CT molecular complexity index is 687. The molecule has 0 N–H and O–H groups in total. The number of hydrogen-bond acceptors (Lipinski definition) is 5. The van der Waals surface area contributed by atoms with Gasteiger partial charge in [-0.25, -0.2) is 0 Å². The van der Waals surface area contributed by atoms with Crippen LogP contribution >= 0.6 is 0 Å². The molecule has 1 saturated heterocycles. The van der Waals surface area contributed by atoms with Crippen LogP contribution in [0.25, 0.3) is 0 Å². The molecule has 0 radical (unpaired) electrons. The molecule has 6 nitrogen and oxygen atoms in total. The molecule has 0 saturated carbocycles. The van der Waals surface area contributed by atoms with Gasteiger partial charge in [0.25, 0.3) is 5.91 Å². The van der Waals surface area contributed by atoms with E-state index in [1.807, 2.05) is 0 Å². The Kier molecular flexibility index (Phi) is 4.01. The highest BCUT2D eigenvalue weighted by Gasteiger charge is 2.39. The lowest BCUT2D eigenvalue weighted by Gasteiger charge is -2.31. The summed E-state index contributed by atoms with van der Waals surface area (Å²) in [6, 6.07) is 3.20. The number of pyridine rings is 1. The molecule has 23 heavy (non-hydrogen) atoms. The second-order valence-electron chi connectivity index (χ2n) is 5.27. The molecule has 9 heteroatoms. The first kappa shape index (κ1) is 15.4. The first-order valence-corrected chi connectivity index (χ1v) is 7.05. The Morgan fingerprint density at radius 2 is 2.00 bits per heavy atom. The van der Waals surface area contributed by atoms with Crippen molar-refractivity contribution in [3.05, 3.63) is 41.9 Å². The van der Waals surface area contributed by atoms with Gasteiger partial charge in [-0.3, -0.25) is 9.78 Å². The minimum Gasteiger partial charge on any atom is -0.417 e. The van der Waals surface area contributed by atoms with Crippen molar-refractivity contribution in [3.8, 4) is 0 Å². The summed E-state index contributed by atoms with van der Waals surface area (Å²) in [6.07, 6.45) is -0.373. The van der Waals surface area contributed by atoms with E-state index in [1.54, 1.807) is 17.0 Å². The number of nitrogens with zero attached hydrogens (tertiary/aromatic N) is 4. The number of carbonyl (C=O) groups excluding carboxylic acids is 1. The summed E-state index contributed by atoms with van der Waals surface area (Å²) >= 11 is 0. The standard InChI is InChI=1S/C14H13F3N4O2/c15-14(16,17)13-20-19-11(23-13)10-2-1-7-21(8-10)12(22)9-3-5-18-6-4-9/h3-6,10H,1-2,7-8H2. The maximum absolute atomic E-state index is 12.5. The maximum Gasteiger partial charge on any atom is 0.470 e. The number of alkyl halides is 3. The van der Waals surface area contributed by atoms with Gasteiger partial charge in [-0.15, -0.1) is 10.2 Å². The summed E-state index contributed by atoms with van der Waals surface area (Å²) in [7, 11) is 0. The van der Waals surface area contributed by atoms with Crippen LogP contribution in [0.4, 0.5) is 13.2 Å². The van der Waals surface area contributed by atoms with E-state index >= 15 is 0 Å². The number of halogens is 3. The van der Waals surface area contributed by atoms with Crippen molar-refractivity contribution in [1.82, 2.24) is 20.1 Å². The predicted molar refractivity (Wildman–Crippen MR) is 71.4 cm³/mol. The van der Waals surface area contributed by atoms with Gasteiger partial charge in [-0.2, -0.15) is 13.2 Å². The van der Waals surface area contributed by atoms with Crippen LogP contribution in [-0.2, 0) is 6.18 Å². The lowest BCUT2D eigenvalue weighted by molar-refractivity contribution is -0.157. The van der Waals surface area contributed by atoms with Crippen molar-refractivity contribution in [3.63, 3.8) is 0 Å². The van der Waals surface area contributed by atoms with Gasteiger partial charge in [0.15, 0.2) is 0 Å². The monoisotopic (exact) mass is 326 g/mol. The van der Waals surface area contributed by atoms with Crippen molar-refractivity contribution in [2.45, 2.75) is 24.9 Å². The smallest absolute Gasteiger partial charge is 0.417 e. The van der Waals surface area contributed by atoms with E-state index in [-0.39, 0.29) is 18.3 Å². The molecule has 1 unspecified atom stereocenters. The summed E-state index contributed by atoms with van der Waals surface area (Å²) in [6.45, 7) is 0.790. The number of piperidine rings is 1. The number of aromatic nitrogens is 3.